The van der Waals surface area contributed by atoms with Gasteiger partial charge in [-0.1, -0.05) is 0 Å². The van der Waals surface area contributed by atoms with Crippen molar-refractivity contribution in [2.24, 2.45) is 0 Å². The van der Waals surface area contributed by atoms with E-state index in [4.69, 9.17) is 4.42 Å². The first-order valence-electron chi connectivity index (χ1n) is 9.09. The summed E-state index contributed by atoms with van der Waals surface area (Å²) < 4.78 is 32.5. The summed E-state index contributed by atoms with van der Waals surface area (Å²) in [6, 6.07) is 3.43. The molecule has 3 heterocycles. The third kappa shape index (κ3) is 3.38. The maximum absolute atomic E-state index is 13.4. The molecule has 144 valence electrons. The monoisotopic (exact) mass is 377 g/mol. The zero-order chi connectivity index (χ0) is 19.1. The average Bonchev–Trinajstić information content (AvgIpc) is 3.26. The molecule has 2 fully saturated rings. The molecule has 0 unspecified atom stereocenters. The van der Waals surface area contributed by atoms with Gasteiger partial charge < -0.3 is 15.1 Å². The normalized spacial score (nSPS) is 25.4. The summed E-state index contributed by atoms with van der Waals surface area (Å²) in [5.74, 6) is -1.68. The lowest BCUT2D eigenvalue weighted by atomic mass is 9.89. The molecule has 0 bridgehead atoms. The number of anilines is 1. The van der Waals surface area contributed by atoms with Crippen LogP contribution < -0.4 is 10.6 Å². The van der Waals surface area contributed by atoms with Crippen LogP contribution in [-0.2, 0) is 10.2 Å². The van der Waals surface area contributed by atoms with Crippen molar-refractivity contribution in [1.82, 2.24) is 20.5 Å². The number of halogens is 2. The second-order valence-electron chi connectivity index (χ2n) is 7.42. The second-order valence-corrected chi connectivity index (χ2v) is 7.42. The molecule has 2 aliphatic rings. The molecule has 2 aromatic rings. The zero-order valence-corrected chi connectivity index (χ0v) is 15.0. The Balaban J connectivity index is 1.56. The van der Waals surface area contributed by atoms with Gasteiger partial charge in [-0.05, 0) is 38.3 Å². The van der Waals surface area contributed by atoms with E-state index in [0.717, 1.165) is 0 Å². The van der Waals surface area contributed by atoms with Crippen molar-refractivity contribution in [2.45, 2.75) is 56.4 Å². The van der Waals surface area contributed by atoms with Gasteiger partial charge in [0.1, 0.15) is 11.2 Å². The van der Waals surface area contributed by atoms with Crippen molar-refractivity contribution in [2.75, 3.05) is 11.9 Å². The Kier molecular flexibility index (Phi) is 4.32. The highest BCUT2D eigenvalue weighted by atomic mass is 19.3. The molecular weight excluding hydrogens is 356 g/mol. The van der Waals surface area contributed by atoms with Crippen LogP contribution in [0, 0.1) is 0 Å². The molecule has 1 aliphatic heterocycles. The molecule has 0 spiro atoms. The molecule has 1 atom stereocenters. The largest absolute Gasteiger partial charge is 0.419 e. The van der Waals surface area contributed by atoms with Crippen molar-refractivity contribution >= 4 is 11.7 Å². The third-order valence-corrected chi connectivity index (χ3v) is 5.40. The van der Waals surface area contributed by atoms with E-state index < -0.39 is 11.3 Å². The first-order valence-corrected chi connectivity index (χ1v) is 9.09. The summed E-state index contributed by atoms with van der Waals surface area (Å²) in [6.07, 6.45) is 2.68. The van der Waals surface area contributed by atoms with Gasteiger partial charge in [0.15, 0.2) is 0 Å². The van der Waals surface area contributed by atoms with Gasteiger partial charge >= 0.3 is 0 Å². The standard InChI is InChI=1S/C18H21F2N5O2/c1-17(8-10-22-15(17)26)16-25-24-14(27-16)12-3-2-9-21-13(12)23-11-4-6-18(19,20)7-5-11/h2-3,9,11H,4-8,10H2,1H3,(H,21,23)(H,22,26)/t17-/m0/s1. The summed E-state index contributed by atoms with van der Waals surface area (Å²) in [5, 5.41) is 14.2. The Morgan fingerprint density at radius 1 is 1.26 bits per heavy atom. The Morgan fingerprint density at radius 3 is 2.74 bits per heavy atom. The summed E-state index contributed by atoms with van der Waals surface area (Å²) >= 11 is 0. The lowest BCUT2D eigenvalue weighted by molar-refractivity contribution is -0.124. The number of amides is 1. The molecule has 0 aromatic carbocycles. The Hall–Kier alpha value is -2.58. The fraction of sp³-hybridized carbons (Fsp3) is 0.556. The number of carbonyl (C=O) groups excluding carboxylic acids is 1. The van der Waals surface area contributed by atoms with Crippen molar-refractivity contribution in [3.63, 3.8) is 0 Å². The van der Waals surface area contributed by atoms with E-state index >= 15 is 0 Å². The molecule has 9 heteroatoms. The number of alkyl halides is 2. The van der Waals surface area contributed by atoms with Crippen LogP contribution in [0.4, 0.5) is 14.6 Å². The quantitative estimate of drug-likeness (QED) is 0.851. The molecule has 4 rings (SSSR count). The van der Waals surface area contributed by atoms with Gasteiger partial charge in [-0.15, -0.1) is 10.2 Å². The Morgan fingerprint density at radius 2 is 2.04 bits per heavy atom. The fourth-order valence-electron chi connectivity index (χ4n) is 3.56. The van der Waals surface area contributed by atoms with Gasteiger partial charge in [0, 0.05) is 31.6 Å². The summed E-state index contributed by atoms with van der Waals surface area (Å²) in [7, 11) is 0. The number of rotatable bonds is 4. The van der Waals surface area contributed by atoms with Crippen LogP contribution in [0.25, 0.3) is 11.5 Å². The zero-order valence-electron chi connectivity index (χ0n) is 15.0. The van der Waals surface area contributed by atoms with Crippen LogP contribution in [0.15, 0.2) is 22.7 Å². The number of pyridine rings is 1. The first-order chi connectivity index (χ1) is 12.9. The highest BCUT2D eigenvalue weighted by Gasteiger charge is 2.44. The number of hydrogen-bond acceptors (Lipinski definition) is 6. The van der Waals surface area contributed by atoms with Gasteiger partial charge in [0.25, 0.3) is 5.89 Å². The van der Waals surface area contributed by atoms with Crippen LogP contribution >= 0.6 is 0 Å². The van der Waals surface area contributed by atoms with E-state index in [1.807, 2.05) is 0 Å². The smallest absolute Gasteiger partial charge is 0.251 e. The van der Waals surface area contributed by atoms with Crippen molar-refractivity contribution in [1.29, 1.82) is 0 Å². The maximum atomic E-state index is 13.4. The first kappa shape index (κ1) is 17.8. The number of hydrogen-bond donors (Lipinski definition) is 2. The minimum atomic E-state index is -2.58. The number of nitrogens with one attached hydrogen (secondary N) is 2. The predicted octanol–water partition coefficient (Wildman–Crippen LogP) is 2.90. The number of carbonyl (C=O) groups is 1. The highest BCUT2D eigenvalue weighted by Crippen LogP contribution is 2.36. The topological polar surface area (TPSA) is 92.9 Å². The molecule has 0 radical (unpaired) electrons. The van der Waals surface area contributed by atoms with Crippen LogP contribution in [0.5, 0.6) is 0 Å². The molecule has 1 saturated carbocycles. The molecular formula is C18H21F2N5O2. The van der Waals surface area contributed by atoms with Crippen molar-refractivity contribution < 1.29 is 18.0 Å². The molecule has 1 aliphatic carbocycles. The average molecular weight is 377 g/mol. The number of nitrogens with zero attached hydrogens (tertiary/aromatic N) is 3. The fourth-order valence-corrected chi connectivity index (χ4v) is 3.56. The van der Waals surface area contributed by atoms with E-state index in [1.54, 1.807) is 25.3 Å². The molecule has 7 nitrogen and oxygen atoms in total. The van der Waals surface area contributed by atoms with Gasteiger partial charge in [0.2, 0.25) is 17.7 Å². The third-order valence-electron chi connectivity index (χ3n) is 5.40. The van der Waals surface area contributed by atoms with Crippen LogP contribution in [-0.4, -0.2) is 39.6 Å². The van der Waals surface area contributed by atoms with E-state index in [9.17, 15) is 13.6 Å². The van der Waals surface area contributed by atoms with E-state index in [2.05, 4.69) is 25.8 Å². The van der Waals surface area contributed by atoms with Crippen LogP contribution in [0.2, 0.25) is 0 Å². The van der Waals surface area contributed by atoms with Gasteiger partial charge in [-0.3, -0.25) is 4.79 Å². The predicted molar refractivity (Wildman–Crippen MR) is 93.3 cm³/mol. The Labute approximate surface area is 155 Å². The lowest BCUT2D eigenvalue weighted by Crippen LogP contribution is -2.32. The molecule has 27 heavy (non-hydrogen) atoms. The van der Waals surface area contributed by atoms with Gasteiger partial charge in [0.05, 0.1) is 5.56 Å². The van der Waals surface area contributed by atoms with Crippen molar-refractivity contribution in [3.8, 4) is 11.5 Å². The van der Waals surface area contributed by atoms with E-state index in [-0.39, 0.29) is 36.6 Å². The molecule has 2 aromatic heterocycles. The van der Waals surface area contributed by atoms with Crippen molar-refractivity contribution in [3.05, 3.63) is 24.2 Å². The summed E-state index contributed by atoms with van der Waals surface area (Å²) in [5.41, 5.74) is -0.244. The minimum absolute atomic E-state index is 0.0844. The Bertz CT molecular complexity index is 846. The van der Waals surface area contributed by atoms with Crippen LogP contribution in [0.3, 0.4) is 0 Å². The van der Waals surface area contributed by atoms with Gasteiger partial charge in [-0.25, -0.2) is 13.8 Å². The summed E-state index contributed by atoms with van der Waals surface area (Å²) in [4.78, 5) is 16.4. The van der Waals surface area contributed by atoms with E-state index in [0.29, 0.717) is 37.2 Å². The number of aromatic nitrogens is 3. The highest BCUT2D eigenvalue weighted by molar-refractivity contribution is 5.88. The molecule has 1 saturated heterocycles. The molecule has 1 amide bonds. The second kappa shape index (κ2) is 6.54. The maximum Gasteiger partial charge on any atom is 0.251 e. The van der Waals surface area contributed by atoms with Crippen LogP contribution in [0.1, 0.15) is 44.9 Å². The van der Waals surface area contributed by atoms with E-state index in [1.165, 1.54) is 0 Å². The SMILES string of the molecule is C[C@]1(c2nnc(-c3cccnc3NC3CCC(F)(F)CC3)o2)CCNC1=O. The summed E-state index contributed by atoms with van der Waals surface area (Å²) in [6.45, 7) is 2.34. The van der Waals surface area contributed by atoms with Gasteiger partial charge in [-0.2, -0.15) is 0 Å². The molecule has 2 N–H and O–H groups in total. The lowest BCUT2D eigenvalue weighted by Gasteiger charge is -2.29. The minimum Gasteiger partial charge on any atom is -0.419 e.